The third kappa shape index (κ3) is 6.06. The third-order valence-corrected chi connectivity index (χ3v) is 2.92. The Morgan fingerprint density at radius 2 is 2.10 bits per heavy atom. The fourth-order valence-corrected chi connectivity index (χ4v) is 1.93. The molecule has 0 heterocycles. The Balaban J connectivity index is 2.52. The molecular weight excluding hydrogens is 252 g/mol. The number of ether oxygens (including phenoxy) is 1. The van der Waals surface area contributed by atoms with E-state index in [1.54, 1.807) is 0 Å². The lowest BCUT2D eigenvalue weighted by molar-refractivity contribution is -0.121. The van der Waals surface area contributed by atoms with Crippen LogP contribution in [0, 0.1) is 6.92 Å². The minimum Gasteiger partial charge on any atom is -0.493 e. The first kappa shape index (κ1) is 16.5. The van der Waals surface area contributed by atoms with Crippen molar-refractivity contribution in [1.82, 2.24) is 10.6 Å². The molecule has 0 aliphatic heterocycles. The van der Waals surface area contributed by atoms with Gasteiger partial charge in [0.15, 0.2) is 0 Å². The number of nitrogens with one attached hydrogen (secondary N) is 2. The molecule has 0 aliphatic carbocycles. The average molecular weight is 278 g/mol. The van der Waals surface area contributed by atoms with Crippen LogP contribution in [-0.4, -0.2) is 25.6 Å². The number of carbonyl (C=O) groups is 1. The molecule has 0 aromatic heterocycles. The van der Waals surface area contributed by atoms with Gasteiger partial charge < -0.3 is 15.4 Å². The fraction of sp³-hybridized carbons (Fsp3) is 0.562. The Labute approximate surface area is 121 Å². The maximum Gasteiger partial charge on any atom is 0.223 e. The Morgan fingerprint density at radius 1 is 1.30 bits per heavy atom. The summed E-state index contributed by atoms with van der Waals surface area (Å²) in [5.41, 5.74) is 2.36. The van der Waals surface area contributed by atoms with Gasteiger partial charge in [0.25, 0.3) is 0 Å². The minimum atomic E-state index is 0.0327. The SMILES string of the molecule is CCCNCc1cc(C)ccc1OCCC(=O)NCC. The molecule has 0 radical (unpaired) electrons. The van der Waals surface area contributed by atoms with Crippen LogP contribution < -0.4 is 15.4 Å². The van der Waals surface area contributed by atoms with Gasteiger partial charge in [-0.2, -0.15) is 0 Å². The first-order valence-corrected chi connectivity index (χ1v) is 7.37. The molecule has 1 rings (SSSR count). The number of hydrogen-bond donors (Lipinski definition) is 2. The molecular formula is C16H26N2O2. The summed E-state index contributed by atoms with van der Waals surface area (Å²) < 4.78 is 5.74. The van der Waals surface area contributed by atoms with Crippen LogP contribution in [-0.2, 0) is 11.3 Å². The summed E-state index contributed by atoms with van der Waals surface area (Å²) in [6.07, 6.45) is 1.50. The van der Waals surface area contributed by atoms with E-state index in [-0.39, 0.29) is 5.91 Å². The van der Waals surface area contributed by atoms with Crippen LogP contribution in [0.15, 0.2) is 18.2 Å². The highest BCUT2D eigenvalue weighted by molar-refractivity contribution is 5.75. The van der Waals surface area contributed by atoms with E-state index in [9.17, 15) is 4.79 Å². The molecule has 0 saturated carbocycles. The van der Waals surface area contributed by atoms with Crippen molar-refractivity contribution in [2.75, 3.05) is 19.7 Å². The minimum absolute atomic E-state index is 0.0327. The van der Waals surface area contributed by atoms with Crippen molar-refractivity contribution in [3.63, 3.8) is 0 Å². The molecule has 1 amide bonds. The van der Waals surface area contributed by atoms with Gasteiger partial charge in [-0.1, -0.05) is 24.6 Å². The summed E-state index contributed by atoms with van der Waals surface area (Å²) in [5.74, 6) is 0.897. The van der Waals surface area contributed by atoms with Gasteiger partial charge in [0.1, 0.15) is 5.75 Å². The second-order valence-corrected chi connectivity index (χ2v) is 4.84. The van der Waals surface area contributed by atoms with E-state index < -0.39 is 0 Å². The van der Waals surface area contributed by atoms with Crippen LogP contribution in [0.2, 0.25) is 0 Å². The smallest absolute Gasteiger partial charge is 0.223 e. The predicted octanol–water partition coefficient (Wildman–Crippen LogP) is 2.40. The van der Waals surface area contributed by atoms with Crippen LogP contribution in [0.5, 0.6) is 5.75 Å². The number of hydrogen-bond acceptors (Lipinski definition) is 3. The summed E-state index contributed by atoms with van der Waals surface area (Å²) in [7, 11) is 0. The first-order valence-electron chi connectivity index (χ1n) is 7.37. The van der Waals surface area contributed by atoms with Crippen LogP contribution in [0.25, 0.3) is 0 Å². The predicted molar refractivity (Wildman–Crippen MR) is 82.0 cm³/mol. The van der Waals surface area contributed by atoms with Gasteiger partial charge in [-0.25, -0.2) is 0 Å². The van der Waals surface area contributed by atoms with E-state index in [1.165, 1.54) is 5.56 Å². The number of carbonyl (C=O) groups excluding carboxylic acids is 1. The van der Waals surface area contributed by atoms with Crippen LogP contribution >= 0.6 is 0 Å². The molecule has 20 heavy (non-hydrogen) atoms. The lowest BCUT2D eigenvalue weighted by atomic mass is 10.1. The van der Waals surface area contributed by atoms with Gasteiger partial charge >= 0.3 is 0 Å². The van der Waals surface area contributed by atoms with Gasteiger partial charge in [0.2, 0.25) is 5.91 Å². The molecule has 0 spiro atoms. The number of amides is 1. The molecule has 0 bridgehead atoms. The summed E-state index contributed by atoms with van der Waals surface area (Å²) in [4.78, 5) is 11.4. The highest BCUT2D eigenvalue weighted by Crippen LogP contribution is 2.20. The highest BCUT2D eigenvalue weighted by Gasteiger charge is 2.05. The summed E-state index contributed by atoms with van der Waals surface area (Å²) >= 11 is 0. The van der Waals surface area contributed by atoms with E-state index in [0.29, 0.717) is 19.6 Å². The van der Waals surface area contributed by atoms with Gasteiger partial charge in [-0.15, -0.1) is 0 Å². The van der Waals surface area contributed by atoms with Crippen molar-refractivity contribution in [3.8, 4) is 5.75 Å². The van der Waals surface area contributed by atoms with Crippen molar-refractivity contribution < 1.29 is 9.53 Å². The van der Waals surface area contributed by atoms with E-state index in [0.717, 1.165) is 30.8 Å². The molecule has 2 N–H and O–H groups in total. The van der Waals surface area contributed by atoms with Crippen LogP contribution in [0.3, 0.4) is 0 Å². The largest absolute Gasteiger partial charge is 0.493 e. The van der Waals surface area contributed by atoms with Crippen LogP contribution in [0.1, 0.15) is 37.8 Å². The van der Waals surface area contributed by atoms with Crippen molar-refractivity contribution in [2.24, 2.45) is 0 Å². The molecule has 0 atom stereocenters. The molecule has 0 saturated heterocycles. The Hall–Kier alpha value is -1.55. The van der Waals surface area contributed by atoms with E-state index >= 15 is 0 Å². The summed E-state index contributed by atoms with van der Waals surface area (Å²) in [5, 5.41) is 6.15. The van der Waals surface area contributed by atoms with Gasteiger partial charge in [0.05, 0.1) is 13.0 Å². The van der Waals surface area contributed by atoms with Gasteiger partial charge in [-0.05, 0) is 32.9 Å². The highest BCUT2D eigenvalue weighted by atomic mass is 16.5. The molecule has 112 valence electrons. The molecule has 4 nitrogen and oxygen atoms in total. The van der Waals surface area contributed by atoms with Crippen molar-refractivity contribution in [1.29, 1.82) is 0 Å². The van der Waals surface area contributed by atoms with Crippen molar-refractivity contribution in [2.45, 2.75) is 40.2 Å². The standard InChI is InChI=1S/C16H26N2O2/c1-4-9-17-12-14-11-13(3)6-7-15(14)20-10-8-16(19)18-5-2/h6-7,11,17H,4-5,8-10,12H2,1-3H3,(H,18,19). The van der Waals surface area contributed by atoms with Crippen molar-refractivity contribution >= 4 is 5.91 Å². The zero-order valence-corrected chi connectivity index (χ0v) is 12.8. The molecule has 1 aromatic rings. The third-order valence-electron chi connectivity index (χ3n) is 2.92. The maximum absolute atomic E-state index is 11.4. The molecule has 0 aliphatic rings. The average Bonchev–Trinajstić information content (AvgIpc) is 2.42. The van der Waals surface area contributed by atoms with E-state index in [2.05, 4.69) is 30.5 Å². The second-order valence-electron chi connectivity index (χ2n) is 4.84. The normalized spacial score (nSPS) is 10.3. The Morgan fingerprint density at radius 3 is 2.80 bits per heavy atom. The van der Waals surface area contributed by atoms with E-state index in [1.807, 2.05) is 19.1 Å². The lowest BCUT2D eigenvalue weighted by Crippen LogP contribution is -2.24. The summed E-state index contributed by atoms with van der Waals surface area (Å²) in [6.45, 7) is 8.99. The number of aryl methyl sites for hydroxylation is 1. The first-order chi connectivity index (χ1) is 9.67. The molecule has 0 fully saturated rings. The van der Waals surface area contributed by atoms with Gasteiger partial charge in [0, 0.05) is 18.7 Å². The fourth-order valence-electron chi connectivity index (χ4n) is 1.93. The number of benzene rings is 1. The zero-order valence-electron chi connectivity index (χ0n) is 12.8. The van der Waals surface area contributed by atoms with E-state index in [4.69, 9.17) is 4.74 Å². The summed E-state index contributed by atoms with van der Waals surface area (Å²) in [6, 6.07) is 6.14. The Bertz CT molecular complexity index is 419. The molecule has 1 aromatic carbocycles. The van der Waals surface area contributed by atoms with Crippen molar-refractivity contribution in [3.05, 3.63) is 29.3 Å². The Kier molecular flexibility index (Phi) is 7.73. The second kappa shape index (κ2) is 9.37. The molecule has 4 heteroatoms. The maximum atomic E-state index is 11.4. The van der Waals surface area contributed by atoms with Gasteiger partial charge in [-0.3, -0.25) is 4.79 Å². The quantitative estimate of drug-likeness (QED) is 0.682. The topological polar surface area (TPSA) is 50.4 Å². The zero-order chi connectivity index (χ0) is 14.8. The number of rotatable bonds is 9. The van der Waals surface area contributed by atoms with Crippen LogP contribution in [0.4, 0.5) is 0 Å². The molecule has 0 unspecified atom stereocenters. The monoisotopic (exact) mass is 278 g/mol. The lowest BCUT2D eigenvalue weighted by Gasteiger charge is -2.13.